The zero-order valence-corrected chi connectivity index (χ0v) is 14.4. The maximum Gasteiger partial charge on any atom is 0.105 e. The predicted molar refractivity (Wildman–Crippen MR) is 92.7 cm³/mol. The van der Waals surface area contributed by atoms with E-state index in [1.807, 2.05) is 41.8 Å². The molecule has 19 heavy (non-hydrogen) atoms. The summed E-state index contributed by atoms with van der Waals surface area (Å²) in [5.74, 6) is 0. The quantitative estimate of drug-likeness (QED) is 0.528. The summed E-state index contributed by atoms with van der Waals surface area (Å²) in [5, 5.41) is 13.7. The summed E-state index contributed by atoms with van der Waals surface area (Å²) in [7, 11) is 0. The highest BCUT2D eigenvalue weighted by Gasteiger charge is 2.16. The smallest absolute Gasteiger partial charge is 0.105 e. The van der Waals surface area contributed by atoms with Gasteiger partial charge in [-0.05, 0) is 73.0 Å². The van der Waals surface area contributed by atoms with Gasteiger partial charge in [-0.3, -0.25) is 0 Å². The maximum atomic E-state index is 10.6. The number of aliphatic hydroxyl groups is 1. The van der Waals surface area contributed by atoms with E-state index in [0.717, 1.165) is 24.6 Å². The van der Waals surface area contributed by atoms with E-state index in [0.29, 0.717) is 0 Å². The molecule has 3 aromatic rings. The summed E-state index contributed by atoms with van der Waals surface area (Å²) in [6, 6.07) is 14.1. The van der Waals surface area contributed by atoms with E-state index in [4.69, 9.17) is 0 Å². The van der Waals surface area contributed by atoms with Crippen molar-refractivity contribution in [3.8, 4) is 0 Å². The Balaban J connectivity index is 2.12. The Morgan fingerprint density at radius 3 is 2.74 bits per heavy atom. The van der Waals surface area contributed by atoms with Crippen LogP contribution in [-0.2, 0) is 0 Å². The van der Waals surface area contributed by atoms with Gasteiger partial charge in [0.25, 0.3) is 0 Å². The van der Waals surface area contributed by atoms with Crippen LogP contribution in [0.2, 0.25) is 0 Å². The average molecular weight is 445 g/mol. The topological polar surface area (TPSA) is 20.2 Å². The van der Waals surface area contributed by atoms with Crippen LogP contribution < -0.4 is 0 Å². The highest BCUT2D eigenvalue weighted by atomic mass is 127. The Hall–Kier alpha value is -0.430. The van der Waals surface area contributed by atoms with E-state index in [-0.39, 0.29) is 0 Å². The molecule has 96 valence electrons. The zero-order valence-electron chi connectivity index (χ0n) is 9.81. The molecule has 1 N–H and O–H groups in total. The van der Waals surface area contributed by atoms with E-state index >= 15 is 0 Å². The SMILES string of the molecule is OC(c1cccc(I)c1)c1csc2c(Br)cccc12. The molecule has 2 aromatic carbocycles. The lowest BCUT2D eigenvalue weighted by Gasteiger charge is -2.11. The molecule has 0 aliphatic carbocycles. The Morgan fingerprint density at radius 2 is 1.95 bits per heavy atom. The molecule has 0 aliphatic rings. The molecule has 0 radical (unpaired) electrons. The molecule has 1 heterocycles. The van der Waals surface area contributed by atoms with Crippen molar-refractivity contribution in [3.63, 3.8) is 0 Å². The van der Waals surface area contributed by atoms with Gasteiger partial charge in [-0.15, -0.1) is 11.3 Å². The summed E-state index contributed by atoms with van der Waals surface area (Å²) in [4.78, 5) is 0. The first-order valence-corrected chi connectivity index (χ1v) is 8.51. The van der Waals surface area contributed by atoms with Gasteiger partial charge in [0.15, 0.2) is 0 Å². The average Bonchev–Trinajstić information content (AvgIpc) is 2.83. The molecular weight excluding hydrogens is 435 g/mol. The van der Waals surface area contributed by atoms with Crippen LogP contribution in [0.15, 0.2) is 52.3 Å². The fourth-order valence-electron chi connectivity index (χ4n) is 2.11. The van der Waals surface area contributed by atoms with Gasteiger partial charge in [-0.2, -0.15) is 0 Å². The minimum Gasteiger partial charge on any atom is -0.384 e. The molecular formula is C15H10BrIOS. The maximum absolute atomic E-state index is 10.6. The number of halogens is 2. The second kappa shape index (κ2) is 5.52. The number of rotatable bonds is 2. The molecule has 0 amide bonds. The molecule has 1 aromatic heterocycles. The van der Waals surface area contributed by atoms with Crippen LogP contribution in [0.25, 0.3) is 10.1 Å². The van der Waals surface area contributed by atoms with Crippen molar-refractivity contribution in [1.82, 2.24) is 0 Å². The Morgan fingerprint density at radius 1 is 1.16 bits per heavy atom. The number of hydrogen-bond donors (Lipinski definition) is 1. The van der Waals surface area contributed by atoms with Crippen molar-refractivity contribution >= 4 is 59.9 Å². The minimum absolute atomic E-state index is 0.572. The Labute approximate surface area is 137 Å². The highest BCUT2D eigenvalue weighted by molar-refractivity contribution is 14.1. The van der Waals surface area contributed by atoms with Crippen molar-refractivity contribution in [1.29, 1.82) is 0 Å². The van der Waals surface area contributed by atoms with Crippen LogP contribution in [-0.4, -0.2) is 5.11 Å². The lowest BCUT2D eigenvalue weighted by Crippen LogP contribution is -1.98. The van der Waals surface area contributed by atoms with Crippen molar-refractivity contribution in [2.75, 3.05) is 0 Å². The fourth-order valence-corrected chi connectivity index (χ4v) is 4.32. The first-order valence-electron chi connectivity index (χ1n) is 5.76. The predicted octanol–water partition coefficient (Wildman–Crippen LogP) is 5.35. The Kier molecular flexibility index (Phi) is 3.93. The molecule has 4 heteroatoms. The van der Waals surface area contributed by atoms with Gasteiger partial charge in [-0.25, -0.2) is 0 Å². The number of thiophene rings is 1. The molecule has 0 aliphatic heterocycles. The minimum atomic E-state index is -0.572. The third-order valence-electron chi connectivity index (χ3n) is 3.04. The summed E-state index contributed by atoms with van der Waals surface area (Å²) in [5.41, 5.74) is 1.91. The highest BCUT2D eigenvalue weighted by Crippen LogP contribution is 2.37. The van der Waals surface area contributed by atoms with Crippen LogP contribution in [0.3, 0.4) is 0 Å². The second-order valence-corrected chi connectivity index (χ2v) is 7.24. The summed E-state index contributed by atoms with van der Waals surface area (Å²) in [6.07, 6.45) is -0.572. The first-order chi connectivity index (χ1) is 9.16. The third-order valence-corrected chi connectivity index (χ3v) is 5.68. The molecule has 1 unspecified atom stereocenters. The molecule has 3 rings (SSSR count). The summed E-state index contributed by atoms with van der Waals surface area (Å²) < 4.78 is 3.40. The molecule has 1 atom stereocenters. The first kappa shape index (κ1) is 13.5. The van der Waals surface area contributed by atoms with Gasteiger partial charge in [-0.1, -0.05) is 24.3 Å². The largest absolute Gasteiger partial charge is 0.384 e. The van der Waals surface area contributed by atoms with Crippen LogP contribution >= 0.6 is 49.9 Å². The molecule has 0 saturated carbocycles. The number of aliphatic hydroxyl groups excluding tert-OH is 1. The lowest BCUT2D eigenvalue weighted by molar-refractivity contribution is 0.222. The van der Waals surface area contributed by atoms with Gasteiger partial charge in [0, 0.05) is 18.3 Å². The molecule has 0 bridgehead atoms. The van der Waals surface area contributed by atoms with Crippen molar-refractivity contribution in [2.45, 2.75) is 6.10 Å². The zero-order chi connectivity index (χ0) is 13.4. The summed E-state index contributed by atoms with van der Waals surface area (Å²) in [6.45, 7) is 0. The normalized spacial score (nSPS) is 12.8. The van der Waals surface area contributed by atoms with Crippen LogP contribution in [0, 0.1) is 3.57 Å². The van der Waals surface area contributed by atoms with Crippen LogP contribution in [0.1, 0.15) is 17.2 Å². The molecule has 1 nitrogen and oxygen atoms in total. The van der Waals surface area contributed by atoms with Crippen molar-refractivity contribution in [2.24, 2.45) is 0 Å². The second-order valence-electron chi connectivity index (χ2n) is 4.27. The van der Waals surface area contributed by atoms with Gasteiger partial charge >= 0.3 is 0 Å². The van der Waals surface area contributed by atoms with E-state index in [1.165, 1.54) is 4.70 Å². The van der Waals surface area contributed by atoms with E-state index in [2.05, 4.69) is 44.6 Å². The molecule has 0 fully saturated rings. The Bertz CT molecular complexity index is 738. The van der Waals surface area contributed by atoms with Gasteiger partial charge in [0.2, 0.25) is 0 Å². The third kappa shape index (κ3) is 2.59. The number of benzene rings is 2. The summed E-state index contributed by atoms with van der Waals surface area (Å²) >= 11 is 7.48. The van der Waals surface area contributed by atoms with Crippen LogP contribution in [0.4, 0.5) is 0 Å². The molecule has 0 spiro atoms. The van der Waals surface area contributed by atoms with Crippen molar-refractivity contribution < 1.29 is 5.11 Å². The van der Waals surface area contributed by atoms with Gasteiger partial charge in [0.1, 0.15) is 6.10 Å². The monoisotopic (exact) mass is 444 g/mol. The number of hydrogen-bond acceptors (Lipinski definition) is 2. The van der Waals surface area contributed by atoms with E-state index < -0.39 is 6.10 Å². The lowest BCUT2D eigenvalue weighted by atomic mass is 10.0. The number of fused-ring (bicyclic) bond motifs is 1. The van der Waals surface area contributed by atoms with Crippen LogP contribution in [0.5, 0.6) is 0 Å². The van der Waals surface area contributed by atoms with E-state index in [1.54, 1.807) is 11.3 Å². The fraction of sp³-hybridized carbons (Fsp3) is 0.0667. The van der Waals surface area contributed by atoms with Gasteiger partial charge in [0.05, 0.1) is 0 Å². The molecule has 0 saturated heterocycles. The van der Waals surface area contributed by atoms with Gasteiger partial charge < -0.3 is 5.11 Å². The standard InChI is InChI=1S/C15H10BrIOS/c16-13-6-2-5-11-12(8-19-15(11)13)14(18)9-3-1-4-10(17)7-9/h1-8,14,18H. The van der Waals surface area contributed by atoms with E-state index in [9.17, 15) is 5.11 Å². The van der Waals surface area contributed by atoms with Crippen molar-refractivity contribution in [3.05, 3.63) is 67.0 Å².